The maximum absolute atomic E-state index is 6.54. The van der Waals surface area contributed by atoms with Gasteiger partial charge in [-0.2, -0.15) is 0 Å². The molecule has 2 aromatic heterocycles. The van der Waals surface area contributed by atoms with E-state index in [-0.39, 0.29) is 0 Å². The lowest BCUT2D eigenvalue weighted by Crippen LogP contribution is -1.99. The number of imidazole rings is 1. The van der Waals surface area contributed by atoms with E-state index in [2.05, 4.69) is 58.4 Å². The van der Waals surface area contributed by atoms with Gasteiger partial charge in [0.25, 0.3) is 0 Å². The molecule has 0 atom stereocenters. The average Bonchev–Trinajstić information content (AvgIpc) is 3.31. The molecule has 0 amide bonds. The quantitative estimate of drug-likeness (QED) is 0.330. The van der Waals surface area contributed by atoms with Crippen LogP contribution in [-0.4, -0.2) is 9.38 Å². The molecular formula is C24H18ClN3S. The van der Waals surface area contributed by atoms with Gasteiger partial charge in [0.05, 0.1) is 10.7 Å². The van der Waals surface area contributed by atoms with Crippen LogP contribution in [0.3, 0.4) is 0 Å². The Hall–Kier alpha value is -3.08. The van der Waals surface area contributed by atoms with Crippen LogP contribution in [0.25, 0.3) is 27.5 Å². The van der Waals surface area contributed by atoms with Crippen LogP contribution in [0.2, 0.25) is 5.02 Å². The van der Waals surface area contributed by atoms with Crippen molar-refractivity contribution < 1.29 is 0 Å². The van der Waals surface area contributed by atoms with E-state index in [4.69, 9.17) is 16.6 Å². The summed E-state index contributed by atoms with van der Waals surface area (Å²) >= 11 is 8.17. The van der Waals surface area contributed by atoms with Crippen molar-refractivity contribution in [1.29, 1.82) is 0 Å². The highest BCUT2D eigenvalue weighted by atomic mass is 35.5. The molecule has 142 valence electrons. The minimum Gasteiger partial charge on any atom is -0.339 e. The molecule has 5 heteroatoms. The molecule has 0 bridgehead atoms. The third-order valence-corrected chi connectivity index (χ3v) is 6.12. The van der Waals surface area contributed by atoms with E-state index in [1.807, 2.05) is 42.5 Å². The van der Waals surface area contributed by atoms with Crippen molar-refractivity contribution in [3.05, 3.63) is 94.8 Å². The first kappa shape index (κ1) is 18.0. The van der Waals surface area contributed by atoms with Gasteiger partial charge in [0, 0.05) is 16.6 Å². The molecule has 0 aliphatic heterocycles. The monoisotopic (exact) mass is 415 g/mol. The third kappa shape index (κ3) is 3.20. The van der Waals surface area contributed by atoms with Crippen LogP contribution in [0.5, 0.6) is 0 Å². The summed E-state index contributed by atoms with van der Waals surface area (Å²) < 4.78 is 2.19. The SMILES string of the molecule is Cc1ccccc1Nc1c(-c2ccccc2Cl)nc2scc(-c3ccccc3)n12. The van der Waals surface area contributed by atoms with Gasteiger partial charge in [0.1, 0.15) is 11.5 Å². The number of hydrogen-bond donors (Lipinski definition) is 1. The summed E-state index contributed by atoms with van der Waals surface area (Å²) in [6.07, 6.45) is 0. The maximum Gasteiger partial charge on any atom is 0.196 e. The number of aryl methyl sites for hydroxylation is 1. The Morgan fingerprint density at radius 1 is 0.897 bits per heavy atom. The molecule has 5 aromatic rings. The van der Waals surface area contributed by atoms with E-state index >= 15 is 0 Å². The number of benzene rings is 3. The van der Waals surface area contributed by atoms with Crippen LogP contribution in [0, 0.1) is 6.92 Å². The molecule has 5 rings (SSSR count). The van der Waals surface area contributed by atoms with E-state index < -0.39 is 0 Å². The first-order valence-electron chi connectivity index (χ1n) is 9.35. The van der Waals surface area contributed by atoms with Crippen LogP contribution in [0.4, 0.5) is 11.5 Å². The number of aromatic nitrogens is 2. The molecule has 0 aliphatic rings. The van der Waals surface area contributed by atoms with Crippen LogP contribution in [0.1, 0.15) is 5.56 Å². The summed E-state index contributed by atoms with van der Waals surface area (Å²) in [5.74, 6) is 0.919. The summed E-state index contributed by atoms with van der Waals surface area (Å²) in [5.41, 5.74) is 6.24. The van der Waals surface area contributed by atoms with E-state index in [0.717, 1.165) is 39.0 Å². The molecule has 0 radical (unpaired) electrons. The van der Waals surface area contributed by atoms with Crippen molar-refractivity contribution in [3.63, 3.8) is 0 Å². The lowest BCUT2D eigenvalue weighted by molar-refractivity contribution is 1.22. The number of para-hydroxylation sites is 1. The molecule has 2 heterocycles. The van der Waals surface area contributed by atoms with Gasteiger partial charge in [0.2, 0.25) is 0 Å². The molecule has 0 unspecified atom stereocenters. The smallest absolute Gasteiger partial charge is 0.196 e. The van der Waals surface area contributed by atoms with E-state index in [9.17, 15) is 0 Å². The second-order valence-electron chi connectivity index (χ2n) is 6.83. The molecule has 1 N–H and O–H groups in total. The largest absolute Gasteiger partial charge is 0.339 e. The highest BCUT2D eigenvalue weighted by Gasteiger charge is 2.21. The van der Waals surface area contributed by atoms with Gasteiger partial charge in [-0.1, -0.05) is 78.3 Å². The van der Waals surface area contributed by atoms with Gasteiger partial charge in [-0.15, -0.1) is 11.3 Å². The number of fused-ring (bicyclic) bond motifs is 1. The van der Waals surface area contributed by atoms with Gasteiger partial charge in [-0.25, -0.2) is 4.98 Å². The summed E-state index contributed by atoms with van der Waals surface area (Å²) in [5, 5.41) is 6.47. The Bertz CT molecular complexity index is 1300. The fraction of sp³-hybridized carbons (Fsp3) is 0.0417. The summed E-state index contributed by atoms with van der Waals surface area (Å²) in [6, 6.07) is 26.5. The van der Waals surface area contributed by atoms with Crippen LogP contribution < -0.4 is 5.32 Å². The van der Waals surface area contributed by atoms with E-state index in [1.54, 1.807) is 11.3 Å². The molecule has 3 nitrogen and oxygen atoms in total. The van der Waals surface area contributed by atoms with Gasteiger partial charge < -0.3 is 5.32 Å². The molecule has 0 saturated carbocycles. The van der Waals surface area contributed by atoms with Crippen molar-refractivity contribution in [1.82, 2.24) is 9.38 Å². The minimum absolute atomic E-state index is 0.687. The molecule has 0 aliphatic carbocycles. The van der Waals surface area contributed by atoms with Gasteiger partial charge in [-0.3, -0.25) is 4.40 Å². The fourth-order valence-corrected chi connectivity index (χ4v) is 4.59. The van der Waals surface area contributed by atoms with Crippen LogP contribution in [0.15, 0.2) is 84.2 Å². The molecule has 0 saturated heterocycles. The number of hydrogen-bond acceptors (Lipinski definition) is 3. The highest BCUT2D eigenvalue weighted by molar-refractivity contribution is 7.15. The molecule has 0 spiro atoms. The predicted octanol–water partition coefficient (Wildman–Crippen LogP) is 7.44. The number of anilines is 2. The second-order valence-corrected chi connectivity index (χ2v) is 8.08. The molecular weight excluding hydrogens is 398 g/mol. The minimum atomic E-state index is 0.687. The Morgan fingerprint density at radius 2 is 1.62 bits per heavy atom. The number of nitrogens with one attached hydrogen (secondary N) is 1. The van der Waals surface area contributed by atoms with E-state index in [0.29, 0.717) is 5.02 Å². The Kier molecular flexibility index (Phi) is 4.58. The van der Waals surface area contributed by atoms with Crippen LogP contribution in [-0.2, 0) is 0 Å². The third-order valence-electron chi connectivity index (χ3n) is 4.96. The lowest BCUT2D eigenvalue weighted by Gasteiger charge is -2.13. The zero-order valence-corrected chi connectivity index (χ0v) is 17.3. The number of nitrogens with zero attached hydrogens (tertiary/aromatic N) is 2. The molecule has 0 fully saturated rings. The lowest BCUT2D eigenvalue weighted by atomic mass is 10.1. The highest BCUT2D eigenvalue weighted by Crippen LogP contribution is 2.39. The van der Waals surface area contributed by atoms with Gasteiger partial charge >= 0.3 is 0 Å². The second kappa shape index (κ2) is 7.39. The van der Waals surface area contributed by atoms with Crippen molar-refractivity contribution >= 4 is 39.4 Å². The van der Waals surface area contributed by atoms with Crippen molar-refractivity contribution in [2.24, 2.45) is 0 Å². The number of rotatable bonds is 4. The van der Waals surface area contributed by atoms with Crippen molar-refractivity contribution in [2.75, 3.05) is 5.32 Å². The zero-order valence-electron chi connectivity index (χ0n) is 15.8. The summed E-state index contributed by atoms with van der Waals surface area (Å²) in [7, 11) is 0. The number of halogens is 1. The first-order valence-corrected chi connectivity index (χ1v) is 10.6. The van der Waals surface area contributed by atoms with Crippen LogP contribution >= 0.6 is 22.9 Å². The van der Waals surface area contributed by atoms with Crippen molar-refractivity contribution in [2.45, 2.75) is 6.92 Å². The summed E-state index contributed by atoms with van der Waals surface area (Å²) in [4.78, 5) is 5.88. The first-order chi connectivity index (χ1) is 14.2. The Balaban J connectivity index is 1.78. The summed E-state index contributed by atoms with van der Waals surface area (Å²) in [6.45, 7) is 2.10. The normalized spacial score (nSPS) is 11.1. The Morgan fingerprint density at radius 3 is 2.41 bits per heavy atom. The standard InChI is InChI=1S/C24H18ClN3S/c1-16-9-5-8-14-20(16)26-23-22(18-12-6-7-13-19(18)25)27-24-28(23)21(15-29-24)17-10-3-2-4-11-17/h2-15,26H,1H3. The van der Waals surface area contributed by atoms with Gasteiger partial charge in [0.15, 0.2) is 4.96 Å². The topological polar surface area (TPSA) is 29.3 Å². The molecule has 29 heavy (non-hydrogen) atoms. The fourth-order valence-electron chi connectivity index (χ4n) is 3.47. The van der Waals surface area contributed by atoms with E-state index in [1.165, 1.54) is 5.56 Å². The number of thiazole rings is 1. The van der Waals surface area contributed by atoms with Crippen molar-refractivity contribution in [3.8, 4) is 22.5 Å². The molecule has 3 aromatic carbocycles. The maximum atomic E-state index is 6.54. The Labute approximate surface area is 178 Å². The predicted molar refractivity (Wildman–Crippen MR) is 123 cm³/mol. The zero-order chi connectivity index (χ0) is 19.8. The average molecular weight is 416 g/mol. The van der Waals surface area contributed by atoms with Gasteiger partial charge in [-0.05, 0) is 30.2 Å².